The van der Waals surface area contributed by atoms with Crippen molar-refractivity contribution in [2.75, 3.05) is 4.90 Å². The highest BCUT2D eigenvalue weighted by molar-refractivity contribution is 6.31. The van der Waals surface area contributed by atoms with Gasteiger partial charge in [-0.1, -0.05) is 60.7 Å². The predicted molar refractivity (Wildman–Crippen MR) is 153 cm³/mol. The summed E-state index contributed by atoms with van der Waals surface area (Å²) in [4.78, 5) is 58.9. The Balaban J connectivity index is 1.35. The van der Waals surface area contributed by atoms with Crippen molar-refractivity contribution in [2.45, 2.75) is 63.8 Å². The van der Waals surface area contributed by atoms with Gasteiger partial charge in [0.1, 0.15) is 11.6 Å². The molecule has 7 nitrogen and oxygen atoms in total. The van der Waals surface area contributed by atoms with Crippen LogP contribution in [-0.2, 0) is 19.2 Å². The molecule has 2 heterocycles. The highest BCUT2D eigenvalue weighted by Crippen LogP contribution is 2.64. The number of hydrogen-bond acceptors (Lipinski definition) is 5. The Morgan fingerprint density at radius 3 is 2.40 bits per heavy atom. The lowest BCUT2D eigenvalue weighted by Crippen LogP contribution is -2.49. The van der Waals surface area contributed by atoms with Crippen molar-refractivity contribution >= 4 is 40.9 Å². The number of para-hydroxylation sites is 1. The second-order valence-corrected chi connectivity index (χ2v) is 13.1. The maximum Gasteiger partial charge on any atom is 0.241 e. The van der Waals surface area contributed by atoms with Gasteiger partial charge in [0.15, 0.2) is 0 Å². The third-order valence-electron chi connectivity index (χ3n) is 10.7. The van der Waals surface area contributed by atoms with Crippen molar-refractivity contribution in [3.05, 3.63) is 70.5 Å². The summed E-state index contributed by atoms with van der Waals surface area (Å²) in [5, 5.41) is 10.9. The molecule has 42 heavy (non-hydrogen) atoms. The molecule has 2 saturated carbocycles. The van der Waals surface area contributed by atoms with E-state index in [1.54, 1.807) is 31.2 Å². The first kappa shape index (κ1) is 27.3. The number of nitrogens with zero attached hydrogens (tertiary/aromatic N) is 2. The number of rotatable bonds is 3. The fraction of sp³-hybridized carbons (Fsp3) is 0.455. The van der Waals surface area contributed by atoms with Gasteiger partial charge < -0.3 is 5.11 Å². The minimum Gasteiger partial charge on any atom is -0.508 e. The number of fused-ring (bicyclic) bond motifs is 4. The Morgan fingerprint density at radius 1 is 0.952 bits per heavy atom. The number of anilines is 1. The Bertz CT molecular complexity index is 1570. The van der Waals surface area contributed by atoms with Crippen LogP contribution in [0.3, 0.4) is 0 Å². The highest BCUT2D eigenvalue weighted by atomic mass is 35.5. The predicted octanol–water partition coefficient (Wildman–Crippen LogP) is 5.75. The highest BCUT2D eigenvalue weighted by Gasteiger charge is 2.68. The fourth-order valence-corrected chi connectivity index (χ4v) is 8.86. The van der Waals surface area contributed by atoms with Crippen LogP contribution in [0.1, 0.15) is 63.4 Å². The lowest BCUT2D eigenvalue weighted by atomic mass is 9.51. The Hall–Kier alpha value is -3.52. The van der Waals surface area contributed by atoms with Crippen LogP contribution in [0.4, 0.5) is 10.1 Å². The molecule has 0 bridgehead atoms. The lowest BCUT2D eigenvalue weighted by molar-refractivity contribution is -0.144. The molecule has 2 aliphatic heterocycles. The molecule has 0 aromatic heterocycles. The zero-order valence-corrected chi connectivity index (χ0v) is 24.0. The van der Waals surface area contributed by atoms with Crippen LogP contribution < -0.4 is 4.90 Å². The van der Waals surface area contributed by atoms with Gasteiger partial charge in [-0.05, 0) is 62.8 Å². The summed E-state index contributed by atoms with van der Waals surface area (Å²) in [7, 11) is 0. The number of imide groups is 2. The number of halogens is 2. The number of phenols is 1. The van der Waals surface area contributed by atoms with Gasteiger partial charge in [0.25, 0.3) is 0 Å². The maximum atomic E-state index is 14.4. The van der Waals surface area contributed by atoms with Crippen LogP contribution in [0.2, 0.25) is 5.02 Å². The van der Waals surface area contributed by atoms with E-state index >= 15 is 0 Å². The molecule has 0 spiro atoms. The summed E-state index contributed by atoms with van der Waals surface area (Å²) in [6.07, 6.45) is 7.27. The molecule has 218 valence electrons. The minimum absolute atomic E-state index is 0.00710. The molecule has 4 fully saturated rings. The topological polar surface area (TPSA) is 95.0 Å². The van der Waals surface area contributed by atoms with E-state index in [-0.39, 0.29) is 40.7 Å². The van der Waals surface area contributed by atoms with Crippen molar-refractivity contribution in [1.29, 1.82) is 0 Å². The smallest absolute Gasteiger partial charge is 0.241 e. The molecule has 7 rings (SSSR count). The van der Waals surface area contributed by atoms with Gasteiger partial charge in [-0.25, -0.2) is 9.29 Å². The number of amides is 4. The van der Waals surface area contributed by atoms with Crippen LogP contribution in [-0.4, -0.2) is 39.7 Å². The zero-order valence-electron chi connectivity index (χ0n) is 23.3. The normalized spacial score (nSPS) is 33.0. The fourth-order valence-electron chi connectivity index (χ4n) is 8.68. The number of carbonyl (C=O) groups excluding carboxylic acids is 4. The van der Waals surface area contributed by atoms with Crippen LogP contribution in [0, 0.1) is 34.9 Å². The molecule has 9 heteroatoms. The van der Waals surface area contributed by atoms with Crippen molar-refractivity contribution in [3.63, 3.8) is 0 Å². The quantitative estimate of drug-likeness (QED) is 0.363. The third-order valence-corrected chi connectivity index (χ3v) is 10.9. The van der Waals surface area contributed by atoms with Crippen LogP contribution >= 0.6 is 11.6 Å². The monoisotopic (exact) mass is 590 g/mol. The standard InChI is InChI=1S/C33H32ClFN2O5/c1-33-23(30(40)37(32(33)42)18-11-14-25(35)24(34)15-18)16-22-19(28(33)20-9-5-6-10-26(20)38)12-13-21-27(22)31(41)36(29(21)39)17-7-3-2-4-8-17/h5-6,9-12,14-15,17,21-23,27-28,38H,2-4,7-8,13,16H2,1H3. The van der Waals surface area contributed by atoms with Crippen molar-refractivity contribution in [2.24, 2.45) is 29.1 Å². The summed E-state index contributed by atoms with van der Waals surface area (Å²) in [5.74, 6) is -4.97. The van der Waals surface area contributed by atoms with Gasteiger partial charge in [-0.15, -0.1) is 0 Å². The van der Waals surface area contributed by atoms with Gasteiger partial charge in [0, 0.05) is 17.5 Å². The first-order chi connectivity index (χ1) is 20.1. The maximum absolute atomic E-state index is 14.4. The van der Waals surface area contributed by atoms with E-state index in [2.05, 4.69) is 0 Å². The molecular weight excluding hydrogens is 559 g/mol. The number of phenolic OH excluding ortho intramolecular Hbond substituents is 1. The zero-order chi connectivity index (χ0) is 29.5. The number of benzene rings is 2. The minimum atomic E-state index is -1.29. The average molecular weight is 591 g/mol. The molecule has 4 amide bonds. The second kappa shape index (κ2) is 9.76. The molecule has 6 unspecified atom stereocenters. The average Bonchev–Trinajstić information content (AvgIpc) is 3.35. The van der Waals surface area contributed by atoms with Gasteiger partial charge in [0.05, 0.1) is 33.9 Å². The summed E-state index contributed by atoms with van der Waals surface area (Å²) in [5.41, 5.74) is 0.206. The summed E-state index contributed by atoms with van der Waals surface area (Å²) in [6, 6.07) is 10.4. The number of carbonyl (C=O) groups is 4. The Kier molecular flexibility index (Phi) is 6.35. The van der Waals surface area contributed by atoms with Gasteiger partial charge in [-0.2, -0.15) is 0 Å². The largest absolute Gasteiger partial charge is 0.508 e. The molecule has 6 atom stereocenters. The molecule has 1 N–H and O–H groups in total. The first-order valence-corrected chi connectivity index (χ1v) is 15.2. The molecular formula is C33H32ClFN2O5. The first-order valence-electron chi connectivity index (χ1n) is 14.8. The second-order valence-electron chi connectivity index (χ2n) is 12.7. The molecule has 2 aromatic rings. The number of allylic oxidation sites excluding steroid dienone is 2. The Labute approximate surface area is 248 Å². The van der Waals surface area contributed by atoms with Crippen LogP contribution in [0.15, 0.2) is 54.1 Å². The van der Waals surface area contributed by atoms with Gasteiger partial charge in [0.2, 0.25) is 23.6 Å². The SMILES string of the molecule is CC12C(=O)N(c3ccc(F)c(Cl)c3)C(=O)C1CC1C(=CCC3C(=O)N(C4CCCCC4)C(=O)C31)C2c1ccccc1O. The van der Waals surface area contributed by atoms with E-state index in [4.69, 9.17) is 11.6 Å². The van der Waals surface area contributed by atoms with Crippen molar-refractivity contribution < 1.29 is 28.7 Å². The van der Waals surface area contributed by atoms with E-state index in [1.165, 1.54) is 17.0 Å². The third kappa shape index (κ3) is 3.70. The molecule has 2 aromatic carbocycles. The van der Waals surface area contributed by atoms with Crippen molar-refractivity contribution in [3.8, 4) is 5.75 Å². The van der Waals surface area contributed by atoms with Crippen LogP contribution in [0.25, 0.3) is 0 Å². The summed E-state index contributed by atoms with van der Waals surface area (Å²) >= 11 is 6.05. The van der Waals surface area contributed by atoms with E-state index in [0.29, 0.717) is 12.0 Å². The number of hydrogen-bond donors (Lipinski definition) is 1. The molecule has 5 aliphatic rings. The summed E-state index contributed by atoms with van der Waals surface area (Å²) < 4.78 is 14.0. The lowest BCUT2D eigenvalue weighted by Gasteiger charge is -2.49. The van der Waals surface area contributed by atoms with E-state index < -0.39 is 52.6 Å². The molecule has 3 aliphatic carbocycles. The number of aromatic hydroxyl groups is 1. The van der Waals surface area contributed by atoms with Crippen molar-refractivity contribution in [1.82, 2.24) is 4.90 Å². The molecule has 2 saturated heterocycles. The van der Waals surface area contributed by atoms with Gasteiger partial charge >= 0.3 is 0 Å². The van der Waals surface area contributed by atoms with Crippen LogP contribution in [0.5, 0.6) is 5.75 Å². The Morgan fingerprint density at radius 2 is 1.69 bits per heavy atom. The van der Waals surface area contributed by atoms with Gasteiger partial charge in [-0.3, -0.25) is 24.1 Å². The van der Waals surface area contributed by atoms with E-state index in [0.717, 1.165) is 48.6 Å². The number of likely N-dealkylation sites (tertiary alicyclic amines) is 1. The molecule has 0 radical (unpaired) electrons. The van der Waals surface area contributed by atoms with E-state index in [1.807, 2.05) is 6.08 Å². The van der Waals surface area contributed by atoms with E-state index in [9.17, 15) is 28.7 Å². The summed E-state index contributed by atoms with van der Waals surface area (Å²) in [6.45, 7) is 1.75.